The Hall–Kier alpha value is -3.68. The van der Waals surface area contributed by atoms with Crippen LogP contribution < -0.4 is 10.1 Å². The van der Waals surface area contributed by atoms with Crippen LogP contribution in [0.3, 0.4) is 0 Å². The van der Waals surface area contributed by atoms with E-state index in [0.29, 0.717) is 12.0 Å². The number of aliphatic hydroxyl groups is 1. The lowest BCUT2D eigenvalue weighted by Crippen LogP contribution is -2.35. The highest BCUT2D eigenvalue weighted by Crippen LogP contribution is 2.29. The lowest BCUT2D eigenvalue weighted by Gasteiger charge is -2.29. The summed E-state index contributed by atoms with van der Waals surface area (Å²) in [6.45, 7) is 2.11. The normalized spacial score (nSPS) is 15.6. The Kier molecular flexibility index (Phi) is 7.30. The number of nitrogens with one attached hydrogen (secondary N) is 2. The van der Waals surface area contributed by atoms with Crippen LogP contribution in [0.4, 0.5) is 0 Å². The van der Waals surface area contributed by atoms with Gasteiger partial charge in [-0.25, -0.2) is 0 Å². The molecule has 3 aromatic carbocycles. The van der Waals surface area contributed by atoms with E-state index in [4.69, 9.17) is 4.74 Å². The highest BCUT2D eigenvalue weighted by Gasteiger charge is 2.19. The predicted molar refractivity (Wildman–Crippen MR) is 141 cm³/mol. The van der Waals surface area contributed by atoms with Crippen molar-refractivity contribution in [3.8, 4) is 17.0 Å². The summed E-state index contributed by atoms with van der Waals surface area (Å²) in [5.74, 6) is 0.678. The summed E-state index contributed by atoms with van der Waals surface area (Å²) < 4.78 is 6.18. The molecule has 1 aromatic heterocycles. The van der Waals surface area contributed by atoms with Gasteiger partial charge in [0.15, 0.2) is 0 Å². The highest BCUT2D eigenvalue weighted by atomic mass is 16.5. The number of aliphatic hydroxyl groups excluding tert-OH is 1. The van der Waals surface area contributed by atoms with Gasteiger partial charge in [-0.1, -0.05) is 30.3 Å². The molecule has 2 heterocycles. The summed E-state index contributed by atoms with van der Waals surface area (Å²) in [6, 6.07) is 23.0. The van der Waals surface area contributed by atoms with Gasteiger partial charge in [0.1, 0.15) is 11.9 Å². The number of carbonyl (C=O) groups excluding carboxylic acids is 1. The van der Waals surface area contributed by atoms with E-state index in [1.807, 2.05) is 66.7 Å². The fourth-order valence-corrected chi connectivity index (χ4v) is 4.74. The zero-order valence-corrected chi connectivity index (χ0v) is 20.5. The van der Waals surface area contributed by atoms with E-state index in [2.05, 4.69) is 27.5 Å². The van der Waals surface area contributed by atoms with E-state index < -0.39 is 0 Å². The van der Waals surface area contributed by atoms with E-state index in [0.717, 1.165) is 59.4 Å². The van der Waals surface area contributed by atoms with Crippen LogP contribution in [-0.4, -0.2) is 59.0 Å². The zero-order chi connectivity index (χ0) is 24.9. The molecule has 7 nitrogen and oxygen atoms in total. The molecule has 4 aromatic rings. The van der Waals surface area contributed by atoms with E-state index in [1.54, 1.807) is 6.07 Å². The van der Waals surface area contributed by atoms with Crippen LogP contribution in [0.25, 0.3) is 22.2 Å². The molecule has 0 aliphatic carbocycles. The minimum atomic E-state index is -0.264. The summed E-state index contributed by atoms with van der Waals surface area (Å²) in [5.41, 5.74) is 4.12. The number of nitrogens with zero attached hydrogens (tertiary/aromatic N) is 2. The maximum atomic E-state index is 13.1. The number of carbonyl (C=O) groups is 1. The van der Waals surface area contributed by atoms with Gasteiger partial charge in [-0.15, -0.1) is 0 Å². The van der Waals surface area contributed by atoms with Gasteiger partial charge < -0.3 is 20.1 Å². The van der Waals surface area contributed by atoms with Crippen molar-refractivity contribution in [1.82, 2.24) is 20.4 Å². The second-order valence-electron chi connectivity index (χ2n) is 9.43. The van der Waals surface area contributed by atoms with Gasteiger partial charge >= 0.3 is 0 Å². The third-order valence-electron chi connectivity index (χ3n) is 6.85. The number of H-pyrrole nitrogens is 1. The van der Waals surface area contributed by atoms with Crippen LogP contribution in [0.1, 0.15) is 41.2 Å². The first-order valence-corrected chi connectivity index (χ1v) is 12.5. The Morgan fingerprint density at radius 3 is 2.58 bits per heavy atom. The van der Waals surface area contributed by atoms with Crippen molar-refractivity contribution < 1.29 is 14.6 Å². The maximum absolute atomic E-state index is 13.1. The molecule has 5 rings (SSSR count). The van der Waals surface area contributed by atoms with Gasteiger partial charge in [-0.3, -0.25) is 9.89 Å². The standard InChI is InChI=1S/C29H32N4O3/c1-33-16-13-24(14-17-33)36-23-10-7-21(8-11-23)28-25-19-22(9-12-27(25)31-32-28)29(35)30-26(15-18-34)20-5-3-2-4-6-20/h2-12,19,24,26,34H,13-18H2,1H3,(H,30,35)(H,31,32). The minimum absolute atomic E-state index is 0.0116. The largest absolute Gasteiger partial charge is 0.490 e. The molecule has 1 unspecified atom stereocenters. The van der Waals surface area contributed by atoms with E-state index in [9.17, 15) is 9.90 Å². The van der Waals surface area contributed by atoms with E-state index in [-0.39, 0.29) is 24.7 Å². The molecular formula is C29H32N4O3. The first-order chi connectivity index (χ1) is 17.6. The van der Waals surface area contributed by atoms with Crippen LogP contribution in [-0.2, 0) is 0 Å². The van der Waals surface area contributed by atoms with Gasteiger partial charge in [0.25, 0.3) is 5.91 Å². The number of amides is 1. The van der Waals surface area contributed by atoms with Crippen molar-refractivity contribution in [1.29, 1.82) is 0 Å². The van der Waals surface area contributed by atoms with Crippen molar-refractivity contribution in [2.24, 2.45) is 0 Å². The smallest absolute Gasteiger partial charge is 0.251 e. The number of piperidine rings is 1. The monoisotopic (exact) mass is 484 g/mol. The van der Waals surface area contributed by atoms with Crippen LogP contribution in [0.2, 0.25) is 0 Å². The number of fused-ring (bicyclic) bond motifs is 1. The predicted octanol–water partition coefficient (Wildman–Crippen LogP) is 4.56. The molecule has 0 radical (unpaired) electrons. The Bertz CT molecular complexity index is 1300. The summed E-state index contributed by atoms with van der Waals surface area (Å²) in [6.07, 6.45) is 2.78. The van der Waals surface area contributed by atoms with Gasteiger partial charge in [0, 0.05) is 36.2 Å². The van der Waals surface area contributed by atoms with E-state index >= 15 is 0 Å². The van der Waals surface area contributed by atoms with Gasteiger partial charge in [-0.2, -0.15) is 5.10 Å². The lowest BCUT2D eigenvalue weighted by atomic mass is 10.0. The van der Waals surface area contributed by atoms with Crippen LogP contribution in [0.5, 0.6) is 5.75 Å². The average molecular weight is 485 g/mol. The molecule has 36 heavy (non-hydrogen) atoms. The average Bonchev–Trinajstić information content (AvgIpc) is 3.34. The zero-order valence-electron chi connectivity index (χ0n) is 20.5. The molecule has 1 amide bonds. The molecule has 1 saturated heterocycles. The van der Waals surface area contributed by atoms with Crippen LogP contribution in [0, 0.1) is 0 Å². The third-order valence-corrected chi connectivity index (χ3v) is 6.85. The third kappa shape index (κ3) is 5.42. The van der Waals surface area contributed by atoms with E-state index in [1.165, 1.54) is 0 Å². The van der Waals surface area contributed by atoms with Gasteiger partial charge in [0.05, 0.1) is 17.3 Å². The Morgan fingerprint density at radius 2 is 1.86 bits per heavy atom. The molecule has 0 spiro atoms. The summed E-state index contributed by atoms with van der Waals surface area (Å²) >= 11 is 0. The van der Waals surface area contributed by atoms with Crippen LogP contribution in [0.15, 0.2) is 72.8 Å². The maximum Gasteiger partial charge on any atom is 0.251 e. The summed E-state index contributed by atoms with van der Waals surface area (Å²) in [4.78, 5) is 15.5. The molecule has 0 bridgehead atoms. The second-order valence-corrected chi connectivity index (χ2v) is 9.43. The molecule has 3 N–H and O–H groups in total. The molecule has 1 atom stereocenters. The first-order valence-electron chi connectivity index (χ1n) is 12.5. The van der Waals surface area contributed by atoms with Crippen molar-refractivity contribution in [3.05, 3.63) is 83.9 Å². The van der Waals surface area contributed by atoms with Crippen molar-refractivity contribution in [3.63, 3.8) is 0 Å². The molecule has 0 saturated carbocycles. The van der Waals surface area contributed by atoms with Gasteiger partial charge in [0.2, 0.25) is 0 Å². The molecular weight excluding hydrogens is 452 g/mol. The minimum Gasteiger partial charge on any atom is -0.490 e. The Labute approximate surface area is 211 Å². The number of aromatic nitrogens is 2. The van der Waals surface area contributed by atoms with Crippen molar-refractivity contribution in [2.75, 3.05) is 26.7 Å². The first kappa shape index (κ1) is 24.0. The van der Waals surface area contributed by atoms with Crippen molar-refractivity contribution >= 4 is 16.8 Å². The molecule has 186 valence electrons. The fraction of sp³-hybridized carbons (Fsp3) is 0.310. The lowest BCUT2D eigenvalue weighted by molar-refractivity contribution is 0.0930. The molecule has 1 aliphatic rings. The number of aromatic amines is 1. The number of hydrogen-bond acceptors (Lipinski definition) is 5. The SMILES string of the molecule is CN1CCC(Oc2ccc(-c3n[nH]c4ccc(C(=O)NC(CCO)c5ccccc5)cc34)cc2)CC1. The second kappa shape index (κ2) is 10.9. The fourth-order valence-electron chi connectivity index (χ4n) is 4.74. The van der Waals surface area contributed by atoms with Crippen LogP contribution >= 0.6 is 0 Å². The van der Waals surface area contributed by atoms with Gasteiger partial charge in [-0.05, 0) is 74.3 Å². The summed E-state index contributed by atoms with van der Waals surface area (Å²) in [7, 11) is 2.14. The molecule has 1 aliphatic heterocycles. The summed E-state index contributed by atoms with van der Waals surface area (Å²) in [5, 5.41) is 21.0. The van der Waals surface area contributed by atoms with Crippen molar-refractivity contribution in [2.45, 2.75) is 31.4 Å². The molecule has 7 heteroatoms. The number of rotatable bonds is 8. The topological polar surface area (TPSA) is 90.5 Å². The number of benzene rings is 3. The number of ether oxygens (including phenoxy) is 1. The number of likely N-dealkylation sites (tertiary alicyclic amines) is 1. The highest BCUT2D eigenvalue weighted by molar-refractivity contribution is 6.01. The Balaban J connectivity index is 1.33. The number of hydrogen-bond donors (Lipinski definition) is 3. The Morgan fingerprint density at radius 1 is 1.11 bits per heavy atom. The molecule has 1 fully saturated rings. The quantitative estimate of drug-likeness (QED) is 0.341.